The van der Waals surface area contributed by atoms with Gasteiger partial charge in [0, 0.05) is 24.8 Å². The van der Waals surface area contributed by atoms with Crippen LogP contribution in [0.5, 0.6) is 11.5 Å². The summed E-state index contributed by atoms with van der Waals surface area (Å²) < 4.78 is 16.3. The zero-order valence-electron chi connectivity index (χ0n) is 14.2. The molecule has 1 aromatic heterocycles. The quantitative estimate of drug-likeness (QED) is 0.935. The van der Waals surface area contributed by atoms with E-state index < -0.39 is 0 Å². The van der Waals surface area contributed by atoms with Crippen molar-refractivity contribution >= 4 is 5.91 Å². The van der Waals surface area contributed by atoms with Crippen molar-refractivity contribution in [1.29, 1.82) is 0 Å². The fraction of sp³-hybridized carbons (Fsp3) is 0.389. The van der Waals surface area contributed by atoms with Gasteiger partial charge in [-0.15, -0.1) is 0 Å². The Morgan fingerprint density at radius 1 is 1.12 bits per heavy atom. The Morgan fingerprint density at radius 3 is 2.33 bits per heavy atom. The lowest BCUT2D eigenvalue weighted by Gasteiger charge is -2.26. The molecule has 1 N–H and O–H groups in total. The Bertz CT molecular complexity index is 707. The average Bonchev–Trinajstić information content (AvgIpc) is 3.10. The molecule has 2 heterocycles. The lowest BCUT2D eigenvalue weighted by molar-refractivity contribution is 0.0299. The minimum absolute atomic E-state index is 0.0189. The van der Waals surface area contributed by atoms with E-state index in [1.807, 2.05) is 31.3 Å². The van der Waals surface area contributed by atoms with Crippen LogP contribution in [0.4, 0.5) is 0 Å². The van der Waals surface area contributed by atoms with Crippen LogP contribution >= 0.6 is 0 Å². The number of methoxy groups -OCH3 is 2. The molecule has 0 saturated carbocycles. The molecule has 1 aliphatic rings. The first-order valence-electron chi connectivity index (χ1n) is 7.92. The lowest BCUT2D eigenvalue weighted by Crippen LogP contribution is -2.40. The molecule has 0 unspecified atom stereocenters. The molecule has 3 rings (SSSR count). The van der Waals surface area contributed by atoms with Gasteiger partial charge in [-0.25, -0.2) is 0 Å². The van der Waals surface area contributed by atoms with E-state index in [0.717, 1.165) is 28.2 Å². The number of nitrogens with one attached hydrogen (secondary N) is 1. The minimum atomic E-state index is -0.0189. The summed E-state index contributed by atoms with van der Waals surface area (Å²) in [6.45, 7) is 4.38. The molecule has 6 nitrogen and oxygen atoms in total. The summed E-state index contributed by atoms with van der Waals surface area (Å²) in [5.74, 6) is 1.42. The molecule has 2 aromatic rings. The highest BCUT2D eigenvalue weighted by Crippen LogP contribution is 2.39. The van der Waals surface area contributed by atoms with E-state index in [0.29, 0.717) is 32.0 Å². The third-order valence-corrected chi connectivity index (χ3v) is 4.15. The number of hydrogen-bond donors (Lipinski definition) is 1. The van der Waals surface area contributed by atoms with Gasteiger partial charge in [0.05, 0.1) is 33.0 Å². The van der Waals surface area contributed by atoms with Crippen LogP contribution in [0.25, 0.3) is 11.1 Å². The number of benzene rings is 1. The van der Waals surface area contributed by atoms with Crippen LogP contribution < -0.4 is 9.47 Å². The molecule has 24 heavy (non-hydrogen) atoms. The van der Waals surface area contributed by atoms with Crippen molar-refractivity contribution in [2.24, 2.45) is 0 Å². The summed E-state index contributed by atoms with van der Waals surface area (Å²) in [6, 6.07) is 5.75. The lowest BCUT2D eigenvalue weighted by atomic mass is 10.0. The van der Waals surface area contributed by atoms with Crippen molar-refractivity contribution in [2.45, 2.75) is 6.92 Å². The molecule has 0 radical (unpaired) electrons. The molecule has 0 aliphatic carbocycles. The van der Waals surface area contributed by atoms with Crippen LogP contribution in [0.3, 0.4) is 0 Å². The number of H-pyrrole nitrogens is 1. The first-order chi connectivity index (χ1) is 11.6. The monoisotopic (exact) mass is 330 g/mol. The molecule has 0 bridgehead atoms. The zero-order chi connectivity index (χ0) is 17.1. The van der Waals surface area contributed by atoms with Gasteiger partial charge in [-0.2, -0.15) is 0 Å². The van der Waals surface area contributed by atoms with Gasteiger partial charge in [-0.3, -0.25) is 4.79 Å². The number of amides is 1. The third-order valence-electron chi connectivity index (χ3n) is 4.15. The topological polar surface area (TPSA) is 63.8 Å². The van der Waals surface area contributed by atoms with Crippen molar-refractivity contribution in [2.75, 3.05) is 40.5 Å². The standard InChI is InChI=1S/C18H22N2O4/c1-12-8-15(22-2)17(16(9-12)23-3)13-10-14(19-11-13)18(21)20-4-6-24-7-5-20/h8-11,19H,4-7H2,1-3H3. The molecular formula is C18H22N2O4. The second-order valence-electron chi connectivity index (χ2n) is 5.75. The van der Waals surface area contributed by atoms with Gasteiger partial charge < -0.3 is 24.1 Å². The zero-order valence-corrected chi connectivity index (χ0v) is 14.2. The Labute approximate surface area is 141 Å². The Morgan fingerprint density at radius 2 is 1.75 bits per heavy atom. The van der Waals surface area contributed by atoms with Crippen molar-refractivity contribution in [1.82, 2.24) is 9.88 Å². The number of rotatable bonds is 4. The smallest absolute Gasteiger partial charge is 0.270 e. The third kappa shape index (κ3) is 3.10. The van der Waals surface area contributed by atoms with E-state index in [2.05, 4.69) is 4.98 Å². The maximum absolute atomic E-state index is 12.6. The summed E-state index contributed by atoms with van der Waals surface area (Å²) in [4.78, 5) is 17.5. The number of ether oxygens (including phenoxy) is 3. The second-order valence-corrected chi connectivity index (χ2v) is 5.75. The van der Waals surface area contributed by atoms with Crippen LogP contribution in [-0.4, -0.2) is 56.3 Å². The molecule has 1 aliphatic heterocycles. The summed E-state index contributed by atoms with van der Waals surface area (Å²) in [7, 11) is 3.26. The maximum atomic E-state index is 12.6. The number of carbonyl (C=O) groups excluding carboxylic acids is 1. The molecule has 1 fully saturated rings. The number of morpholine rings is 1. The number of carbonyl (C=O) groups is 1. The van der Waals surface area contributed by atoms with Crippen LogP contribution in [0.15, 0.2) is 24.4 Å². The van der Waals surface area contributed by atoms with E-state index in [4.69, 9.17) is 14.2 Å². The molecule has 0 spiro atoms. The summed E-state index contributed by atoms with van der Waals surface area (Å²) in [5.41, 5.74) is 3.30. The maximum Gasteiger partial charge on any atom is 0.270 e. The van der Waals surface area contributed by atoms with Gasteiger partial charge in [-0.05, 0) is 30.7 Å². The van der Waals surface area contributed by atoms with Crippen molar-refractivity contribution in [3.8, 4) is 22.6 Å². The molecule has 0 atom stereocenters. The Hall–Kier alpha value is -2.47. The summed E-state index contributed by atoms with van der Waals surface area (Å²) >= 11 is 0. The first kappa shape index (κ1) is 16.4. The van der Waals surface area contributed by atoms with Crippen LogP contribution in [0.1, 0.15) is 16.1 Å². The SMILES string of the molecule is COc1cc(C)cc(OC)c1-c1c[nH]c(C(=O)N2CCOCC2)c1. The number of aromatic amines is 1. The van der Waals surface area contributed by atoms with Crippen LogP contribution in [-0.2, 0) is 4.74 Å². The first-order valence-corrected chi connectivity index (χ1v) is 7.92. The van der Waals surface area contributed by atoms with Gasteiger partial charge in [0.1, 0.15) is 17.2 Å². The van der Waals surface area contributed by atoms with Gasteiger partial charge >= 0.3 is 0 Å². The Balaban J connectivity index is 1.94. The summed E-state index contributed by atoms with van der Waals surface area (Å²) in [5, 5.41) is 0. The van der Waals surface area contributed by atoms with Gasteiger partial charge in [0.2, 0.25) is 0 Å². The van der Waals surface area contributed by atoms with Gasteiger partial charge in [0.15, 0.2) is 0 Å². The van der Waals surface area contributed by atoms with E-state index in [-0.39, 0.29) is 5.91 Å². The fourth-order valence-electron chi connectivity index (χ4n) is 2.93. The molecular weight excluding hydrogens is 308 g/mol. The van der Waals surface area contributed by atoms with Gasteiger partial charge in [0.25, 0.3) is 5.91 Å². The van der Waals surface area contributed by atoms with E-state index >= 15 is 0 Å². The number of hydrogen-bond acceptors (Lipinski definition) is 4. The highest BCUT2D eigenvalue weighted by molar-refractivity contribution is 5.94. The largest absolute Gasteiger partial charge is 0.496 e. The molecule has 128 valence electrons. The number of aryl methyl sites for hydroxylation is 1. The normalized spacial score (nSPS) is 14.5. The van der Waals surface area contributed by atoms with E-state index in [1.54, 1.807) is 19.1 Å². The van der Waals surface area contributed by atoms with Crippen LogP contribution in [0, 0.1) is 6.92 Å². The molecule has 1 aromatic carbocycles. The molecule has 1 amide bonds. The highest BCUT2D eigenvalue weighted by atomic mass is 16.5. The molecule has 1 saturated heterocycles. The predicted octanol–water partition coefficient (Wildman–Crippen LogP) is 2.48. The van der Waals surface area contributed by atoms with Gasteiger partial charge in [-0.1, -0.05) is 0 Å². The Kier molecular flexibility index (Phi) is 4.76. The van der Waals surface area contributed by atoms with E-state index in [9.17, 15) is 4.79 Å². The number of aromatic nitrogens is 1. The fourth-order valence-corrected chi connectivity index (χ4v) is 2.93. The van der Waals surface area contributed by atoms with Crippen molar-refractivity contribution in [3.63, 3.8) is 0 Å². The average molecular weight is 330 g/mol. The van der Waals surface area contributed by atoms with Crippen molar-refractivity contribution in [3.05, 3.63) is 35.7 Å². The highest BCUT2D eigenvalue weighted by Gasteiger charge is 2.22. The van der Waals surface area contributed by atoms with Crippen LogP contribution in [0.2, 0.25) is 0 Å². The molecule has 6 heteroatoms. The number of nitrogens with zero attached hydrogens (tertiary/aromatic N) is 1. The minimum Gasteiger partial charge on any atom is -0.496 e. The van der Waals surface area contributed by atoms with E-state index in [1.165, 1.54) is 0 Å². The predicted molar refractivity (Wildman–Crippen MR) is 90.8 cm³/mol. The summed E-state index contributed by atoms with van der Waals surface area (Å²) in [6.07, 6.45) is 1.81. The van der Waals surface area contributed by atoms with Crippen molar-refractivity contribution < 1.29 is 19.0 Å². The second kappa shape index (κ2) is 6.97.